The maximum Gasteiger partial charge on any atom is 0.248 e. The minimum absolute atomic E-state index is 0.282. The van der Waals surface area contributed by atoms with Crippen LogP contribution < -0.4 is 5.32 Å². The quantitative estimate of drug-likeness (QED) is 0.790. The molecule has 0 saturated carbocycles. The van der Waals surface area contributed by atoms with Crippen molar-refractivity contribution in [2.45, 2.75) is 13.3 Å². The smallest absolute Gasteiger partial charge is 0.248 e. The number of carbonyl (C=O) groups excluding carboxylic acids is 1. The Balaban J connectivity index is 2.11. The summed E-state index contributed by atoms with van der Waals surface area (Å²) < 4.78 is 14.3. The molecule has 1 N–H and O–H groups in total. The standard InChI is InChI=1S/C17H15BrFNO/c1-2-12-5-3-4-6-16(12)20-17(21)10-7-13-11-14(18)8-9-15(13)19/h3-11H,2H2,1H3,(H,20,21)/b10-7+. The number of rotatable bonds is 4. The van der Waals surface area contributed by atoms with Crippen LogP contribution in [0.2, 0.25) is 0 Å². The van der Waals surface area contributed by atoms with Crippen LogP contribution in [0.15, 0.2) is 53.0 Å². The van der Waals surface area contributed by atoms with E-state index in [4.69, 9.17) is 0 Å². The molecule has 21 heavy (non-hydrogen) atoms. The van der Waals surface area contributed by atoms with Gasteiger partial charge in [0.15, 0.2) is 0 Å². The fourth-order valence-corrected chi connectivity index (χ4v) is 2.31. The van der Waals surface area contributed by atoms with Crippen LogP contribution in [-0.2, 0) is 11.2 Å². The number of aryl methyl sites for hydroxylation is 1. The summed E-state index contributed by atoms with van der Waals surface area (Å²) in [6, 6.07) is 12.2. The normalized spacial score (nSPS) is 10.8. The third-order valence-electron chi connectivity index (χ3n) is 3.03. The average Bonchev–Trinajstić information content (AvgIpc) is 2.49. The Bertz CT molecular complexity index is 682. The summed E-state index contributed by atoms with van der Waals surface area (Å²) in [6.45, 7) is 2.03. The number of halogens is 2. The molecule has 0 spiro atoms. The SMILES string of the molecule is CCc1ccccc1NC(=O)/C=C/c1cc(Br)ccc1F. The maximum atomic E-state index is 13.6. The Morgan fingerprint density at radius 3 is 2.81 bits per heavy atom. The number of carbonyl (C=O) groups is 1. The summed E-state index contributed by atoms with van der Waals surface area (Å²) in [4.78, 5) is 11.9. The van der Waals surface area contributed by atoms with E-state index in [1.807, 2.05) is 31.2 Å². The number of hydrogen-bond donors (Lipinski definition) is 1. The molecule has 0 saturated heterocycles. The van der Waals surface area contributed by atoms with Gasteiger partial charge in [-0.3, -0.25) is 4.79 Å². The van der Waals surface area contributed by atoms with Crippen molar-refractivity contribution >= 4 is 33.6 Å². The first-order chi connectivity index (χ1) is 10.1. The first-order valence-electron chi connectivity index (χ1n) is 6.62. The van der Waals surface area contributed by atoms with E-state index in [9.17, 15) is 9.18 Å². The molecule has 1 amide bonds. The predicted octanol–water partition coefficient (Wildman–Crippen LogP) is 4.80. The highest BCUT2D eigenvalue weighted by Gasteiger charge is 2.04. The summed E-state index contributed by atoms with van der Waals surface area (Å²) in [5.41, 5.74) is 2.21. The van der Waals surface area contributed by atoms with Crippen molar-refractivity contribution in [1.29, 1.82) is 0 Å². The molecule has 2 aromatic carbocycles. The van der Waals surface area contributed by atoms with Crippen LogP contribution >= 0.6 is 15.9 Å². The Morgan fingerprint density at radius 1 is 1.29 bits per heavy atom. The first-order valence-corrected chi connectivity index (χ1v) is 7.41. The Morgan fingerprint density at radius 2 is 2.05 bits per heavy atom. The lowest BCUT2D eigenvalue weighted by atomic mass is 10.1. The zero-order chi connectivity index (χ0) is 15.2. The Kier molecular flexibility index (Phi) is 5.28. The van der Waals surface area contributed by atoms with Crippen molar-refractivity contribution in [2.24, 2.45) is 0 Å². The molecule has 2 nitrogen and oxygen atoms in total. The van der Waals surface area contributed by atoms with E-state index >= 15 is 0 Å². The van der Waals surface area contributed by atoms with Crippen LogP contribution in [-0.4, -0.2) is 5.91 Å². The molecule has 4 heteroatoms. The van der Waals surface area contributed by atoms with Crippen molar-refractivity contribution in [3.63, 3.8) is 0 Å². The van der Waals surface area contributed by atoms with Gasteiger partial charge in [0, 0.05) is 21.8 Å². The lowest BCUT2D eigenvalue weighted by Crippen LogP contribution is -2.09. The van der Waals surface area contributed by atoms with Crippen LogP contribution in [0.1, 0.15) is 18.1 Å². The van der Waals surface area contributed by atoms with E-state index < -0.39 is 0 Å². The van der Waals surface area contributed by atoms with Crippen molar-refractivity contribution in [3.05, 3.63) is 70.0 Å². The molecule has 0 radical (unpaired) electrons. The van der Waals surface area contributed by atoms with E-state index in [2.05, 4.69) is 21.2 Å². The van der Waals surface area contributed by atoms with Crippen LogP contribution in [0.4, 0.5) is 10.1 Å². The molecule has 0 bridgehead atoms. The second kappa shape index (κ2) is 7.18. The van der Waals surface area contributed by atoms with Gasteiger partial charge in [-0.2, -0.15) is 0 Å². The van der Waals surface area contributed by atoms with Gasteiger partial charge < -0.3 is 5.32 Å². The summed E-state index contributed by atoms with van der Waals surface area (Å²) in [5, 5.41) is 2.81. The second-order valence-corrected chi connectivity index (χ2v) is 5.41. The predicted molar refractivity (Wildman–Crippen MR) is 87.6 cm³/mol. The van der Waals surface area contributed by atoms with Gasteiger partial charge in [-0.05, 0) is 42.3 Å². The molecule has 0 aliphatic rings. The van der Waals surface area contributed by atoms with Gasteiger partial charge >= 0.3 is 0 Å². The molecule has 0 aromatic heterocycles. The van der Waals surface area contributed by atoms with Gasteiger partial charge in [0.2, 0.25) is 5.91 Å². The van der Waals surface area contributed by atoms with Crippen molar-refractivity contribution in [2.75, 3.05) is 5.32 Å². The van der Waals surface area contributed by atoms with Crippen LogP contribution in [0.25, 0.3) is 6.08 Å². The van der Waals surface area contributed by atoms with Crippen molar-refractivity contribution in [1.82, 2.24) is 0 Å². The fourth-order valence-electron chi connectivity index (χ4n) is 1.93. The fraction of sp³-hybridized carbons (Fsp3) is 0.118. The summed E-state index contributed by atoms with van der Waals surface area (Å²) in [5.74, 6) is -0.647. The van der Waals surface area contributed by atoms with Crippen LogP contribution in [0.3, 0.4) is 0 Å². The molecule has 0 aliphatic heterocycles. The second-order valence-electron chi connectivity index (χ2n) is 4.50. The average molecular weight is 348 g/mol. The molecular weight excluding hydrogens is 333 g/mol. The minimum Gasteiger partial charge on any atom is -0.322 e. The van der Waals surface area contributed by atoms with Crippen LogP contribution in [0.5, 0.6) is 0 Å². The van der Waals surface area contributed by atoms with E-state index in [1.165, 1.54) is 18.2 Å². The van der Waals surface area contributed by atoms with Gasteiger partial charge in [0.1, 0.15) is 5.82 Å². The van der Waals surface area contributed by atoms with Crippen molar-refractivity contribution < 1.29 is 9.18 Å². The Labute approximate surface area is 131 Å². The van der Waals surface area contributed by atoms with Crippen LogP contribution in [0, 0.1) is 5.82 Å². The molecule has 0 atom stereocenters. The molecule has 0 aliphatic carbocycles. The van der Waals surface area contributed by atoms with Gasteiger partial charge in [-0.1, -0.05) is 41.1 Å². The third kappa shape index (κ3) is 4.26. The van der Waals surface area contributed by atoms with E-state index in [1.54, 1.807) is 12.1 Å². The number of anilines is 1. The zero-order valence-corrected chi connectivity index (χ0v) is 13.2. The highest BCUT2D eigenvalue weighted by atomic mass is 79.9. The third-order valence-corrected chi connectivity index (χ3v) is 3.52. The zero-order valence-electron chi connectivity index (χ0n) is 11.6. The molecule has 108 valence electrons. The molecular formula is C17H15BrFNO. The summed E-state index contributed by atoms with van der Waals surface area (Å²) in [7, 11) is 0. The highest BCUT2D eigenvalue weighted by molar-refractivity contribution is 9.10. The maximum absolute atomic E-state index is 13.6. The highest BCUT2D eigenvalue weighted by Crippen LogP contribution is 2.18. The number of para-hydroxylation sites is 1. The molecule has 0 fully saturated rings. The molecule has 2 rings (SSSR count). The van der Waals surface area contributed by atoms with E-state index in [0.29, 0.717) is 5.56 Å². The lowest BCUT2D eigenvalue weighted by molar-refractivity contribution is -0.111. The van der Waals surface area contributed by atoms with Gasteiger partial charge in [-0.25, -0.2) is 4.39 Å². The van der Waals surface area contributed by atoms with E-state index in [-0.39, 0.29) is 11.7 Å². The minimum atomic E-state index is -0.365. The summed E-state index contributed by atoms with van der Waals surface area (Å²) in [6.07, 6.45) is 3.63. The Hall–Kier alpha value is -1.94. The monoisotopic (exact) mass is 347 g/mol. The molecule has 2 aromatic rings. The number of benzene rings is 2. The molecule has 0 heterocycles. The number of hydrogen-bond acceptors (Lipinski definition) is 1. The lowest BCUT2D eigenvalue weighted by Gasteiger charge is -2.07. The van der Waals surface area contributed by atoms with Gasteiger partial charge in [0.25, 0.3) is 0 Å². The topological polar surface area (TPSA) is 29.1 Å². The van der Waals surface area contributed by atoms with Gasteiger partial charge in [-0.15, -0.1) is 0 Å². The van der Waals surface area contributed by atoms with Gasteiger partial charge in [0.05, 0.1) is 0 Å². The number of nitrogens with one attached hydrogen (secondary N) is 1. The van der Waals surface area contributed by atoms with Crippen molar-refractivity contribution in [3.8, 4) is 0 Å². The number of amides is 1. The van der Waals surface area contributed by atoms with E-state index in [0.717, 1.165) is 22.1 Å². The summed E-state index contributed by atoms with van der Waals surface area (Å²) >= 11 is 3.27. The molecule has 0 unspecified atom stereocenters. The first kappa shape index (κ1) is 15.4. The largest absolute Gasteiger partial charge is 0.322 e.